The first-order valence-electron chi connectivity index (χ1n) is 9.79. The lowest BCUT2D eigenvalue weighted by atomic mass is 9.79. The monoisotopic (exact) mass is 294 g/mol. The van der Waals surface area contributed by atoms with E-state index in [2.05, 4.69) is 24.1 Å². The van der Waals surface area contributed by atoms with Crippen molar-refractivity contribution in [3.05, 3.63) is 0 Å². The minimum Gasteiger partial charge on any atom is -0.308 e. The Morgan fingerprint density at radius 1 is 0.952 bits per heavy atom. The van der Waals surface area contributed by atoms with Gasteiger partial charge in [0.25, 0.3) is 0 Å². The number of rotatable bonds is 8. The summed E-state index contributed by atoms with van der Waals surface area (Å²) in [6.45, 7) is 8.55. The Kier molecular flexibility index (Phi) is 7.53. The fraction of sp³-hybridized carbons (Fsp3) is 1.00. The summed E-state index contributed by atoms with van der Waals surface area (Å²) >= 11 is 0. The minimum absolute atomic E-state index is 0.478. The highest BCUT2D eigenvalue weighted by atomic mass is 15.3. The number of hydrogen-bond donors (Lipinski definition) is 1. The van der Waals surface area contributed by atoms with Gasteiger partial charge in [-0.3, -0.25) is 4.90 Å². The summed E-state index contributed by atoms with van der Waals surface area (Å²) in [5.74, 6) is 0. The molecule has 0 aromatic rings. The molecule has 1 saturated heterocycles. The predicted molar refractivity (Wildman–Crippen MR) is 92.8 cm³/mol. The van der Waals surface area contributed by atoms with Gasteiger partial charge in [0.1, 0.15) is 0 Å². The van der Waals surface area contributed by atoms with Gasteiger partial charge in [0, 0.05) is 24.7 Å². The van der Waals surface area contributed by atoms with Gasteiger partial charge in [-0.2, -0.15) is 0 Å². The second-order valence-corrected chi connectivity index (χ2v) is 7.55. The maximum atomic E-state index is 3.97. The molecule has 0 aromatic heterocycles. The van der Waals surface area contributed by atoms with Crippen LogP contribution in [-0.2, 0) is 0 Å². The Morgan fingerprint density at radius 3 is 2.43 bits per heavy atom. The molecule has 0 bridgehead atoms. The van der Waals surface area contributed by atoms with Gasteiger partial charge >= 0.3 is 0 Å². The topological polar surface area (TPSA) is 15.3 Å². The molecule has 0 radical (unpaired) electrons. The zero-order valence-corrected chi connectivity index (χ0v) is 14.6. The van der Waals surface area contributed by atoms with E-state index in [1.165, 1.54) is 96.7 Å². The molecule has 2 rings (SSSR count). The van der Waals surface area contributed by atoms with E-state index in [0.29, 0.717) is 5.54 Å². The minimum atomic E-state index is 0.478. The number of nitrogens with zero attached hydrogens (tertiary/aromatic N) is 1. The van der Waals surface area contributed by atoms with E-state index in [1.807, 2.05) is 0 Å². The van der Waals surface area contributed by atoms with Gasteiger partial charge in [0.15, 0.2) is 0 Å². The molecule has 0 aromatic carbocycles. The van der Waals surface area contributed by atoms with Crippen LogP contribution < -0.4 is 5.32 Å². The van der Waals surface area contributed by atoms with E-state index in [-0.39, 0.29) is 0 Å². The highest BCUT2D eigenvalue weighted by molar-refractivity contribution is 4.99. The maximum absolute atomic E-state index is 3.97. The van der Waals surface area contributed by atoms with Crippen LogP contribution >= 0.6 is 0 Å². The van der Waals surface area contributed by atoms with Crippen molar-refractivity contribution in [1.82, 2.24) is 10.2 Å². The molecule has 1 atom stereocenters. The third-order valence-corrected chi connectivity index (χ3v) is 5.72. The highest BCUT2D eigenvalue weighted by Gasteiger charge is 2.39. The zero-order chi connectivity index (χ0) is 15.0. The molecule has 1 heterocycles. The van der Waals surface area contributed by atoms with Crippen LogP contribution in [0.2, 0.25) is 0 Å². The molecule has 2 heteroatoms. The molecule has 2 fully saturated rings. The maximum Gasteiger partial charge on any atom is 0.0309 e. The summed E-state index contributed by atoms with van der Waals surface area (Å²) in [6, 6.07) is 0.800. The van der Waals surface area contributed by atoms with Gasteiger partial charge in [-0.05, 0) is 32.2 Å². The molecule has 0 amide bonds. The van der Waals surface area contributed by atoms with E-state index >= 15 is 0 Å². The Morgan fingerprint density at radius 2 is 1.71 bits per heavy atom. The van der Waals surface area contributed by atoms with Gasteiger partial charge < -0.3 is 5.32 Å². The van der Waals surface area contributed by atoms with E-state index in [4.69, 9.17) is 0 Å². The Bertz CT molecular complexity index is 271. The van der Waals surface area contributed by atoms with Crippen LogP contribution in [-0.4, -0.2) is 36.1 Å². The van der Waals surface area contributed by atoms with Crippen LogP contribution in [0.15, 0.2) is 0 Å². The van der Waals surface area contributed by atoms with Crippen molar-refractivity contribution in [3.8, 4) is 0 Å². The van der Waals surface area contributed by atoms with Crippen LogP contribution in [0.1, 0.15) is 90.9 Å². The molecule has 1 aliphatic heterocycles. The van der Waals surface area contributed by atoms with Crippen LogP contribution in [0, 0.1) is 0 Å². The van der Waals surface area contributed by atoms with Crippen LogP contribution in [0.4, 0.5) is 0 Å². The Labute approximate surface area is 133 Å². The van der Waals surface area contributed by atoms with Crippen molar-refractivity contribution in [2.24, 2.45) is 0 Å². The third-order valence-electron chi connectivity index (χ3n) is 5.72. The van der Waals surface area contributed by atoms with E-state index in [1.54, 1.807) is 0 Å². The summed E-state index contributed by atoms with van der Waals surface area (Å²) in [6.07, 6.45) is 16.9. The summed E-state index contributed by atoms with van der Waals surface area (Å²) in [7, 11) is 0. The lowest BCUT2D eigenvalue weighted by Gasteiger charge is -2.50. The molecule has 2 nitrogen and oxygen atoms in total. The number of piperazine rings is 1. The zero-order valence-electron chi connectivity index (χ0n) is 14.6. The Hall–Kier alpha value is -0.0800. The fourth-order valence-electron chi connectivity index (χ4n) is 4.40. The molecule has 21 heavy (non-hydrogen) atoms. The summed E-state index contributed by atoms with van der Waals surface area (Å²) in [5, 5.41) is 3.97. The summed E-state index contributed by atoms with van der Waals surface area (Å²) in [4.78, 5) is 2.86. The van der Waals surface area contributed by atoms with E-state index in [0.717, 1.165) is 6.04 Å². The molecule has 1 N–H and O–H groups in total. The standard InChI is InChI=1S/C19H38N2/c1-3-5-6-7-11-15-21-17-19(13-9-8-10-14-19)20-16-18(21)12-4-2/h18,20H,3-17H2,1-2H3. The average Bonchev–Trinajstić information content (AvgIpc) is 2.51. The molecular formula is C19H38N2. The second-order valence-electron chi connectivity index (χ2n) is 7.55. The van der Waals surface area contributed by atoms with Crippen molar-refractivity contribution in [2.45, 2.75) is 102 Å². The van der Waals surface area contributed by atoms with Crippen molar-refractivity contribution < 1.29 is 0 Å². The average molecular weight is 295 g/mol. The number of hydrogen-bond acceptors (Lipinski definition) is 2. The first kappa shape index (κ1) is 17.3. The normalized spacial score (nSPS) is 26.3. The SMILES string of the molecule is CCCCCCCN1CC2(CCCCC2)NCC1CCC. The second kappa shape index (κ2) is 9.15. The van der Waals surface area contributed by atoms with Crippen molar-refractivity contribution >= 4 is 0 Å². The van der Waals surface area contributed by atoms with Gasteiger partial charge in [-0.25, -0.2) is 0 Å². The van der Waals surface area contributed by atoms with Crippen LogP contribution in [0.3, 0.4) is 0 Å². The van der Waals surface area contributed by atoms with Crippen molar-refractivity contribution in [2.75, 3.05) is 19.6 Å². The fourth-order valence-corrected chi connectivity index (χ4v) is 4.40. The Balaban J connectivity index is 1.82. The van der Waals surface area contributed by atoms with E-state index < -0.39 is 0 Å². The van der Waals surface area contributed by atoms with Gasteiger partial charge in [-0.15, -0.1) is 0 Å². The summed E-state index contributed by atoms with van der Waals surface area (Å²) in [5.41, 5.74) is 0.478. The van der Waals surface area contributed by atoms with Crippen molar-refractivity contribution in [1.29, 1.82) is 0 Å². The van der Waals surface area contributed by atoms with Gasteiger partial charge in [-0.1, -0.05) is 65.2 Å². The lowest BCUT2D eigenvalue weighted by molar-refractivity contribution is 0.0505. The number of unbranched alkanes of at least 4 members (excludes halogenated alkanes) is 4. The van der Waals surface area contributed by atoms with Gasteiger partial charge in [0.2, 0.25) is 0 Å². The van der Waals surface area contributed by atoms with E-state index in [9.17, 15) is 0 Å². The molecule has 2 aliphatic rings. The number of nitrogens with one attached hydrogen (secondary N) is 1. The largest absolute Gasteiger partial charge is 0.308 e. The van der Waals surface area contributed by atoms with Crippen molar-refractivity contribution in [3.63, 3.8) is 0 Å². The first-order valence-corrected chi connectivity index (χ1v) is 9.79. The van der Waals surface area contributed by atoms with Gasteiger partial charge in [0.05, 0.1) is 0 Å². The molecule has 1 saturated carbocycles. The molecule has 1 unspecified atom stereocenters. The lowest BCUT2D eigenvalue weighted by Crippen LogP contribution is -2.64. The molecular weight excluding hydrogens is 256 g/mol. The predicted octanol–water partition coefficient (Wildman–Crippen LogP) is 4.73. The third kappa shape index (κ3) is 5.25. The smallest absolute Gasteiger partial charge is 0.0309 e. The quantitative estimate of drug-likeness (QED) is 0.651. The van der Waals surface area contributed by atoms with Crippen LogP contribution in [0.25, 0.3) is 0 Å². The first-order chi connectivity index (χ1) is 10.3. The van der Waals surface area contributed by atoms with Crippen LogP contribution in [0.5, 0.6) is 0 Å². The molecule has 1 spiro atoms. The molecule has 124 valence electrons. The highest BCUT2D eigenvalue weighted by Crippen LogP contribution is 2.32. The summed E-state index contributed by atoms with van der Waals surface area (Å²) < 4.78 is 0. The molecule has 1 aliphatic carbocycles.